The van der Waals surface area contributed by atoms with Crippen LogP contribution in [0.3, 0.4) is 0 Å². The second-order valence-electron chi connectivity index (χ2n) is 9.91. The van der Waals surface area contributed by atoms with Crippen LogP contribution in [-0.2, 0) is 17.6 Å². The number of hydrogen-bond donors (Lipinski definition) is 3. The van der Waals surface area contributed by atoms with Crippen molar-refractivity contribution in [3.05, 3.63) is 65.5 Å². The molecule has 2 unspecified atom stereocenters. The lowest BCUT2D eigenvalue weighted by atomic mass is 9.94. The molecule has 0 aliphatic carbocycles. The van der Waals surface area contributed by atoms with Gasteiger partial charge in [-0.05, 0) is 65.3 Å². The lowest BCUT2D eigenvalue weighted by Gasteiger charge is -2.27. The van der Waals surface area contributed by atoms with E-state index in [1.807, 2.05) is 45.0 Å². The fourth-order valence-electron chi connectivity index (χ4n) is 3.18. The molecule has 0 radical (unpaired) electrons. The number of alkyl carbamates (subject to hydrolysis) is 1. The quantitative estimate of drug-likeness (QED) is 0.609. The third-order valence-corrected chi connectivity index (χ3v) is 4.50. The van der Waals surface area contributed by atoms with Gasteiger partial charge in [0.15, 0.2) is 0 Å². The molecule has 1 heterocycles. The highest BCUT2D eigenvalue weighted by molar-refractivity contribution is 5.96. The van der Waals surface area contributed by atoms with Crippen LogP contribution in [0.25, 0.3) is 0 Å². The van der Waals surface area contributed by atoms with Crippen LogP contribution in [0.5, 0.6) is 0 Å². The molecule has 174 valence electrons. The lowest BCUT2D eigenvalue weighted by molar-refractivity contribution is 0.0421. The molecule has 0 spiro atoms. The number of rotatable bonds is 7. The van der Waals surface area contributed by atoms with Crippen molar-refractivity contribution in [2.75, 3.05) is 0 Å². The van der Waals surface area contributed by atoms with E-state index >= 15 is 0 Å². The van der Waals surface area contributed by atoms with Crippen molar-refractivity contribution < 1.29 is 19.4 Å². The average Bonchev–Trinajstić information content (AvgIpc) is 2.66. The molecule has 2 aromatic rings. The molecule has 0 aliphatic heterocycles. The summed E-state index contributed by atoms with van der Waals surface area (Å²) in [6.07, 6.45) is 0.584. The van der Waals surface area contributed by atoms with Gasteiger partial charge < -0.3 is 20.5 Å². The fraction of sp³-hybridized carbons (Fsp3) is 0.480. The third kappa shape index (κ3) is 8.67. The van der Waals surface area contributed by atoms with E-state index in [-0.39, 0.29) is 17.9 Å². The van der Waals surface area contributed by atoms with Gasteiger partial charge in [0.1, 0.15) is 5.60 Å². The molecule has 0 saturated carbocycles. The maximum atomic E-state index is 12.8. The van der Waals surface area contributed by atoms with Gasteiger partial charge in [-0.25, -0.2) is 4.79 Å². The van der Waals surface area contributed by atoms with Gasteiger partial charge in [-0.3, -0.25) is 9.78 Å². The molecule has 32 heavy (non-hydrogen) atoms. The molecular weight excluding hydrogens is 406 g/mol. The van der Waals surface area contributed by atoms with Crippen molar-refractivity contribution in [2.24, 2.45) is 0 Å². The predicted octanol–water partition coefficient (Wildman–Crippen LogP) is 3.65. The van der Waals surface area contributed by atoms with Crippen molar-refractivity contribution in [3.63, 3.8) is 0 Å². The zero-order valence-electron chi connectivity index (χ0n) is 19.8. The maximum absolute atomic E-state index is 12.8. The monoisotopic (exact) mass is 441 g/mol. The van der Waals surface area contributed by atoms with Gasteiger partial charge in [-0.1, -0.05) is 24.3 Å². The Balaban J connectivity index is 2.23. The Bertz CT molecular complexity index is 901. The molecule has 0 bridgehead atoms. The van der Waals surface area contributed by atoms with Crippen molar-refractivity contribution in [1.82, 2.24) is 15.6 Å². The second-order valence-corrected chi connectivity index (χ2v) is 9.91. The van der Waals surface area contributed by atoms with E-state index in [0.717, 1.165) is 5.69 Å². The smallest absolute Gasteiger partial charge is 0.407 e. The largest absolute Gasteiger partial charge is 0.444 e. The zero-order valence-corrected chi connectivity index (χ0v) is 19.8. The van der Waals surface area contributed by atoms with Crippen molar-refractivity contribution in [3.8, 4) is 0 Å². The van der Waals surface area contributed by atoms with Gasteiger partial charge >= 0.3 is 6.09 Å². The molecule has 0 aliphatic rings. The van der Waals surface area contributed by atoms with E-state index in [1.54, 1.807) is 45.2 Å². The summed E-state index contributed by atoms with van der Waals surface area (Å²) in [5.74, 6) is -0.207. The van der Waals surface area contributed by atoms with Crippen LogP contribution in [0.2, 0.25) is 0 Å². The van der Waals surface area contributed by atoms with Crippen LogP contribution in [0.1, 0.15) is 63.2 Å². The summed E-state index contributed by atoms with van der Waals surface area (Å²) in [6, 6.07) is 12.0. The van der Waals surface area contributed by atoms with E-state index < -0.39 is 23.8 Å². The Labute approximate surface area is 190 Å². The minimum atomic E-state index is -0.965. The number of carbonyl (C=O) groups is 2. The number of pyridine rings is 1. The standard InChI is InChI=1S/C25H35N3O4/c1-24(2,3)28-22(30)19-13-8-7-11-17(19)15-21(29)20(16-18-12-9-10-14-26-18)27-23(31)32-25(4,5)6/h7-14,20-21,29H,15-16H2,1-6H3,(H,27,31)(H,28,30). The zero-order chi connectivity index (χ0) is 23.9. The normalized spacial score (nSPS) is 13.7. The SMILES string of the molecule is CC(C)(C)NC(=O)c1ccccc1CC(O)C(Cc1ccccn1)NC(=O)OC(C)(C)C. The van der Waals surface area contributed by atoms with Gasteiger partial charge in [0.05, 0.1) is 12.1 Å². The summed E-state index contributed by atoms with van der Waals surface area (Å²) < 4.78 is 5.38. The Morgan fingerprint density at radius 3 is 2.25 bits per heavy atom. The Hall–Kier alpha value is -2.93. The number of nitrogens with zero attached hydrogens (tertiary/aromatic N) is 1. The minimum Gasteiger partial charge on any atom is -0.444 e. The first-order valence-corrected chi connectivity index (χ1v) is 10.8. The average molecular weight is 442 g/mol. The number of benzene rings is 1. The number of carbonyl (C=O) groups excluding carboxylic acids is 2. The summed E-state index contributed by atoms with van der Waals surface area (Å²) in [7, 11) is 0. The molecule has 7 heteroatoms. The van der Waals surface area contributed by atoms with Crippen LogP contribution < -0.4 is 10.6 Å². The molecule has 3 N–H and O–H groups in total. The molecule has 2 atom stereocenters. The van der Waals surface area contributed by atoms with E-state index in [9.17, 15) is 14.7 Å². The second kappa shape index (κ2) is 10.6. The van der Waals surface area contributed by atoms with E-state index in [1.165, 1.54) is 0 Å². The number of hydrogen-bond acceptors (Lipinski definition) is 5. The molecule has 1 aromatic carbocycles. The highest BCUT2D eigenvalue weighted by Crippen LogP contribution is 2.17. The highest BCUT2D eigenvalue weighted by atomic mass is 16.6. The summed E-state index contributed by atoms with van der Waals surface area (Å²) >= 11 is 0. The van der Waals surface area contributed by atoms with Crippen LogP contribution in [0.15, 0.2) is 48.7 Å². The molecule has 2 amide bonds. The van der Waals surface area contributed by atoms with Crippen LogP contribution in [-0.4, -0.2) is 45.4 Å². The number of aromatic nitrogens is 1. The van der Waals surface area contributed by atoms with Crippen molar-refractivity contribution >= 4 is 12.0 Å². The number of aliphatic hydroxyl groups is 1. The van der Waals surface area contributed by atoms with Crippen LogP contribution in [0, 0.1) is 0 Å². The topological polar surface area (TPSA) is 101 Å². The van der Waals surface area contributed by atoms with Gasteiger partial charge in [0.2, 0.25) is 0 Å². The van der Waals surface area contributed by atoms with E-state index in [0.29, 0.717) is 17.5 Å². The van der Waals surface area contributed by atoms with Gasteiger partial charge in [-0.2, -0.15) is 0 Å². The first-order valence-electron chi connectivity index (χ1n) is 10.8. The fourth-order valence-corrected chi connectivity index (χ4v) is 3.18. The Morgan fingerprint density at radius 2 is 1.66 bits per heavy atom. The predicted molar refractivity (Wildman–Crippen MR) is 124 cm³/mol. The summed E-state index contributed by atoms with van der Waals surface area (Å²) in [4.78, 5) is 29.5. The Kier molecular flexibility index (Phi) is 8.38. The van der Waals surface area contributed by atoms with Gasteiger partial charge in [-0.15, -0.1) is 0 Å². The molecule has 7 nitrogen and oxygen atoms in total. The summed E-state index contributed by atoms with van der Waals surface area (Å²) in [5.41, 5.74) is 0.866. The first kappa shape index (κ1) is 25.3. The molecule has 0 fully saturated rings. The minimum absolute atomic E-state index is 0.182. The van der Waals surface area contributed by atoms with Gasteiger partial charge in [0.25, 0.3) is 5.91 Å². The third-order valence-electron chi connectivity index (χ3n) is 4.50. The number of ether oxygens (including phenoxy) is 1. The number of nitrogens with one attached hydrogen (secondary N) is 2. The molecule has 0 saturated heterocycles. The number of amides is 2. The summed E-state index contributed by atoms with van der Waals surface area (Å²) in [6.45, 7) is 11.1. The Morgan fingerprint density at radius 1 is 1.00 bits per heavy atom. The van der Waals surface area contributed by atoms with Crippen molar-refractivity contribution in [1.29, 1.82) is 0 Å². The van der Waals surface area contributed by atoms with Gasteiger partial charge in [0, 0.05) is 35.8 Å². The molecule has 1 aromatic heterocycles. The van der Waals surface area contributed by atoms with Crippen LogP contribution in [0.4, 0.5) is 4.79 Å². The van der Waals surface area contributed by atoms with E-state index in [4.69, 9.17) is 4.74 Å². The van der Waals surface area contributed by atoms with Crippen molar-refractivity contribution in [2.45, 2.75) is 77.7 Å². The summed E-state index contributed by atoms with van der Waals surface area (Å²) in [5, 5.41) is 16.8. The highest BCUT2D eigenvalue weighted by Gasteiger charge is 2.27. The molecular formula is C25H35N3O4. The maximum Gasteiger partial charge on any atom is 0.407 e. The molecule has 2 rings (SSSR count). The lowest BCUT2D eigenvalue weighted by Crippen LogP contribution is -2.47. The van der Waals surface area contributed by atoms with E-state index in [2.05, 4.69) is 15.6 Å². The first-order chi connectivity index (χ1) is 14.8. The number of aliphatic hydroxyl groups excluding tert-OH is 1. The van der Waals surface area contributed by atoms with Crippen LogP contribution >= 0.6 is 0 Å².